The van der Waals surface area contributed by atoms with Crippen molar-refractivity contribution in [2.45, 2.75) is 25.9 Å². The number of rotatable bonds is 8. The van der Waals surface area contributed by atoms with Gasteiger partial charge in [0.2, 0.25) is 0 Å². The molecule has 5 aromatic rings. The lowest BCUT2D eigenvalue weighted by molar-refractivity contribution is -0.141. The predicted molar refractivity (Wildman–Crippen MR) is 136 cm³/mol. The SMILES string of the molecule is [B]N(Cc1nc(-c2ccc3ncnn3c2)c(-c2cccc(C)n2)[nH]1)[C@H](CC(=O)OC)c1ccccc1. The van der Waals surface area contributed by atoms with Crippen molar-refractivity contribution >= 4 is 19.6 Å². The summed E-state index contributed by atoms with van der Waals surface area (Å²) in [5.41, 5.74) is 5.65. The molecule has 0 fully saturated rings. The molecule has 2 radical (unpaired) electrons. The predicted octanol–water partition coefficient (Wildman–Crippen LogP) is 3.68. The minimum Gasteiger partial charge on any atom is -0.469 e. The molecule has 10 heteroatoms. The van der Waals surface area contributed by atoms with E-state index in [0.717, 1.165) is 39.5 Å². The van der Waals surface area contributed by atoms with E-state index in [2.05, 4.69) is 15.1 Å². The summed E-state index contributed by atoms with van der Waals surface area (Å²) in [4.78, 5) is 31.0. The van der Waals surface area contributed by atoms with Crippen molar-refractivity contribution in [2.24, 2.45) is 0 Å². The molecule has 9 nitrogen and oxygen atoms in total. The number of ether oxygens (including phenoxy) is 1. The molecular formula is C26H24BN7O2. The fourth-order valence-electron chi connectivity index (χ4n) is 4.16. The van der Waals surface area contributed by atoms with Crippen molar-refractivity contribution in [1.82, 2.24) is 34.4 Å². The number of pyridine rings is 2. The van der Waals surface area contributed by atoms with Crippen molar-refractivity contribution in [3.05, 3.63) is 90.3 Å². The normalized spacial score (nSPS) is 12.2. The largest absolute Gasteiger partial charge is 0.469 e. The van der Waals surface area contributed by atoms with E-state index in [1.165, 1.54) is 13.4 Å². The van der Waals surface area contributed by atoms with Crippen LogP contribution in [0.25, 0.3) is 28.3 Å². The number of carbonyl (C=O) groups is 1. The second-order valence-electron chi connectivity index (χ2n) is 8.43. The Hall–Kier alpha value is -4.31. The summed E-state index contributed by atoms with van der Waals surface area (Å²) in [7, 11) is 7.91. The molecule has 0 saturated heterocycles. The summed E-state index contributed by atoms with van der Waals surface area (Å²) in [6.07, 6.45) is 3.50. The molecule has 0 saturated carbocycles. The molecule has 0 aliphatic heterocycles. The Morgan fingerprint density at radius 2 is 1.94 bits per heavy atom. The molecular weight excluding hydrogens is 453 g/mol. The fourth-order valence-corrected chi connectivity index (χ4v) is 4.16. The number of H-pyrrole nitrogens is 1. The number of aryl methyl sites for hydroxylation is 1. The van der Waals surface area contributed by atoms with Crippen LogP contribution in [0.1, 0.15) is 29.5 Å². The maximum atomic E-state index is 12.1. The smallest absolute Gasteiger partial charge is 0.307 e. The lowest BCUT2D eigenvalue weighted by atomic mass is 9.99. The third kappa shape index (κ3) is 4.89. The van der Waals surface area contributed by atoms with Gasteiger partial charge in [-0.1, -0.05) is 36.4 Å². The average Bonchev–Trinajstić information content (AvgIpc) is 3.54. The Morgan fingerprint density at radius 1 is 1.11 bits per heavy atom. The summed E-state index contributed by atoms with van der Waals surface area (Å²) < 4.78 is 6.62. The van der Waals surface area contributed by atoms with Gasteiger partial charge >= 0.3 is 5.97 Å². The van der Waals surface area contributed by atoms with Gasteiger partial charge in [0.25, 0.3) is 0 Å². The first-order valence-corrected chi connectivity index (χ1v) is 11.5. The van der Waals surface area contributed by atoms with E-state index in [9.17, 15) is 4.79 Å². The van der Waals surface area contributed by atoms with E-state index < -0.39 is 0 Å². The van der Waals surface area contributed by atoms with Crippen LogP contribution >= 0.6 is 0 Å². The summed E-state index contributed by atoms with van der Waals surface area (Å²) in [5.74, 6) is 0.292. The molecule has 36 heavy (non-hydrogen) atoms. The van der Waals surface area contributed by atoms with Crippen LogP contribution in [-0.2, 0) is 16.1 Å². The highest BCUT2D eigenvalue weighted by Gasteiger charge is 2.23. The molecule has 1 N–H and O–H groups in total. The highest BCUT2D eigenvalue weighted by atomic mass is 16.5. The Labute approximate surface area is 209 Å². The highest BCUT2D eigenvalue weighted by Crippen LogP contribution is 2.31. The van der Waals surface area contributed by atoms with Crippen LogP contribution in [0, 0.1) is 6.92 Å². The number of fused-ring (bicyclic) bond motifs is 1. The van der Waals surface area contributed by atoms with Crippen molar-refractivity contribution < 1.29 is 9.53 Å². The monoisotopic (exact) mass is 477 g/mol. The third-order valence-electron chi connectivity index (χ3n) is 5.95. The molecule has 0 spiro atoms. The van der Waals surface area contributed by atoms with Crippen LogP contribution in [0.3, 0.4) is 0 Å². The van der Waals surface area contributed by atoms with E-state index in [4.69, 9.17) is 22.7 Å². The van der Waals surface area contributed by atoms with E-state index in [0.29, 0.717) is 5.82 Å². The number of imidazole rings is 1. The molecule has 0 bridgehead atoms. The molecule has 0 aliphatic rings. The standard InChI is InChI=1S/C26H24BN7O2/c1-17-7-6-10-20(30-17)26-25(19-11-12-23-28-16-29-34(23)14-19)31-22(32-26)15-33(27)21(13-24(35)36-2)18-8-4-3-5-9-18/h3-12,14,16,21H,13,15H2,1-2H3,(H,31,32)/t21-/m1/s1. The van der Waals surface area contributed by atoms with E-state index in [1.807, 2.05) is 73.8 Å². The number of aromatic nitrogens is 6. The van der Waals surface area contributed by atoms with Crippen LogP contribution in [-0.4, -0.2) is 55.4 Å². The maximum Gasteiger partial charge on any atom is 0.307 e. The van der Waals surface area contributed by atoms with Crippen molar-refractivity contribution in [3.63, 3.8) is 0 Å². The summed E-state index contributed by atoms with van der Waals surface area (Å²) in [6, 6.07) is 18.9. The number of nitrogens with one attached hydrogen (secondary N) is 1. The molecule has 0 aliphatic carbocycles. The number of nitrogens with zero attached hydrogens (tertiary/aromatic N) is 6. The number of methoxy groups -OCH3 is 1. The zero-order valence-corrected chi connectivity index (χ0v) is 20.0. The minimum absolute atomic E-state index is 0.111. The van der Waals surface area contributed by atoms with Gasteiger partial charge < -0.3 is 14.5 Å². The molecule has 4 aromatic heterocycles. The Bertz CT molecular complexity index is 1500. The number of benzene rings is 1. The fraction of sp³-hybridized carbons (Fsp3) is 0.192. The van der Waals surface area contributed by atoms with Gasteiger partial charge in [-0.25, -0.2) is 14.5 Å². The lowest BCUT2D eigenvalue weighted by Crippen LogP contribution is -2.28. The summed E-state index contributed by atoms with van der Waals surface area (Å²) >= 11 is 0. The first-order chi connectivity index (χ1) is 17.5. The zero-order chi connectivity index (χ0) is 25.1. The molecule has 1 aromatic carbocycles. The molecule has 178 valence electrons. The van der Waals surface area contributed by atoms with Gasteiger partial charge in [-0.15, -0.1) is 0 Å². The van der Waals surface area contributed by atoms with Gasteiger partial charge in [-0.2, -0.15) is 5.10 Å². The quantitative estimate of drug-likeness (QED) is 0.269. The Kier molecular flexibility index (Phi) is 6.59. The maximum absolute atomic E-state index is 12.1. The third-order valence-corrected chi connectivity index (χ3v) is 5.95. The highest BCUT2D eigenvalue weighted by molar-refractivity contribution is 6.04. The second-order valence-corrected chi connectivity index (χ2v) is 8.43. The number of hydrogen-bond acceptors (Lipinski definition) is 7. The molecule has 0 amide bonds. The first-order valence-electron chi connectivity index (χ1n) is 11.5. The number of hydrogen-bond donors (Lipinski definition) is 1. The van der Waals surface area contributed by atoms with Crippen LogP contribution in [0.4, 0.5) is 0 Å². The van der Waals surface area contributed by atoms with Crippen molar-refractivity contribution in [1.29, 1.82) is 0 Å². The Balaban J connectivity index is 1.53. The van der Waals surface area contributed by atoms with Gasteiger partial charge in [0.05, 0.1) is 30.6 Å². The van der Waals surface area contributed by atoms with E-state index in [1.54, 1.807) is 9.33 Å². The molecule has 4 heterocycles. The number of carbonyl (C=O) groups excluding carboxylic acids is 1. The van der Waals surface area contributed by atoms with Gasteiger partial charge in [0, 0.05) is 30.0 Å². The Morgan fingerprint density at radius 3 is 2.72 bits per heavy atom. The average molecular weight is 477 g/mol. The van der Waals surface area contributed by atoms with Gasteiger partial charge in [0.1, 0.15) is 12.2 Å². The van der Waals surface area contributed by atoms with E-state index >= 15 is 0 Å². The van der Waals surface area contributed by atoms with Crippen molar-refractivity contribution in [2.75, 3.05) is 7.11 Å². The van der Waals surface area contributed by atoms with Gasteiger partial charge in [-0.3, -0.25) is 9.78 Å². The van der Waals surface area contributed by atoms with Crippen molar-refractivity contribution in [3.8, 4) is 22.6 Å². The second kappa shape index (κ2) is 10.1. The summed E-state index contributed by atoms with van der Waals surface area (Å²) in [5, 5.41) is 4.25. The topological polar surface area (TPSA) is 101 Å². The number of aromatic amines is 1. The summed E-state index contributed by atoms with van der Waals surface area (Å²) in [6.45, 7) is 2.21. The van der Waals surface area contributed by atoms with Gasteiger partial charge in [-0.05, 0) is 36.8 Å². The van der Waals surface area contributed by atoms with Crippen LogP contribution in [0.5, 0.6) is 0 Å². The van der Waals surface area contributed by atoms with Crippen LogP contribution in [0.15, 0.2) is 73.2 Å². The van der Waals surface area contributed by atoms with Crippen LogP contribution in [0.2, 0.25) is 0 Å². The number of esters is 1. The van der Waals surface area contributed by atoms with E-state index in [-0.39, 0.29) is 25.0 Å². The van der Waals surface area contributed by atoms with Gasteiger partial charge in [0.15, 0.2) is 13.6 Å². The van der Waals surface area contributed by atoms with Crippen LogP contribution < -0.4 is 0 Å². The molecule has 5 rings (SSSR count). The molecule has 0 unspecified atom stereocenters. The minimum atomic E-state index is -0.390. The first kappa shape index (κ1) is 23.4. The molecule has 1 atom stereocenters. The lowest BCUT2D eigenvalue weighted by Gasteiger charge is -2.27. The zero-order valence-electron chi connectivity index (χ0n) is 20.0.